The summed E-state index contributed by atoms with van der Waals surface area (Å²) in [6, 6.07) is 5.89. The van der Waals surface area contributed by atoms with Crippen LogP contribution in [0.5, 0.6) is 5.75 Å². The van der Waals surface area contributed by atoms with Gasteiger partial charge in [-0.25, -0.2) is 13.8 Å². The Balaban J connectivity index is 1.62. The highest BCUT2D eigenvalue weighted by Crippen LogP contribution is 2.47. The molecule has 232 valence electrons. The lowest BCUT2D eigenvalue weighted by molar-refractivity contribution is -0.126. The van der Waals surface area contributed by atoms with E-state index in [-0.39, 0.29) is 29.9 Å². The molecule has 0 spiro atoms. The van der Waals surface area contributed by atoms with E-state index in [1.807, 2.05) is 23.7 Å². The molecule has 11 heteroatoms. The molecular formula is C34H33F2N5O3S. The summed E-state index contributed by atoms with van der Waals surface area (Å²) in [5.74, 6) is -1.62. The largest absolute Gasteiger partial charge is 0.490 e. The van der Waals surface area contributed by atoms with Crippen molar-refractivity contribution in [2.45, 2.75) is 58.9 Å². The Morgan fingerprint density at radius 1 is 1.18 bits per heavy atom. The first-order valence-electron chi connectivity index (χ1n) is 14.6. The highest BCUT2D eigenvalue weighted by molar-refractivity contribution is 7.18. The Morgan fingerprint density at radius 3 is 2.71 bits per heavy atom. The minimum absolute atomic E-state index is 0.0691. The van der Waals surface area contributed by atoms with E-state index in [1.54, 1.807) is 49.7 Å². The zero-order valence-corrected chi connectivity index (χ0v) is 26.3. The molecule has 5 heterocycles. The van der Waals surface area contributed by atoms with Crippen molar-refractivity contribution in [1.82, 2.24) is 24.6 Å². The summed E-state index contributed by atoms with van der Waals surface area (Å²) in [5.41, 5.74) is 3.66. The van der Waals surface area contributed by atoms with Crippen LogP contribution in [0.4, 0.5) is 8.78 Å². The van der Waals surface area contributed by atoms with Crippen molar-refractivity contribution in [2.24, 2.45) is 0 Å². The number of benzene rings is 1. The fourth-order valence-corrected chi connectivity index (χ4v) is 6.62. The van der Waals surface area contributed by atoms with Gasteiger partial charge in [0.2, 0.25) is 5.91 Å². The van der Waals surface area contributed by atoms with Gasteiger partial charge in [-0.15, -0.1) is 11.3 Å². The number of nitrogens with zero attached hydrogens (tertiary/aromatic N) is 5. The maximum absolute atomic E-state index is 16.0. The quantitative estimate of drug-likeness (QED) is 0.190. The van der Waals surface area contributed by atoms with Crippen LogP contribution < -0.4 is 4.74 Å². The summed E-state index contributed by atoms with van der Waals surface area (Å²) in [5, 5.41) is 17.5. The van der Waals surface area contributed by atoms with Crippen LogP contribution in [0.1, 0.15) is 39.0 Å². The molecule has 1 amide bonds. The highest BCUT2D eigenvalue weighted by Gasteiger charge is 2.28. The van der Waals surface area contributed by atoms with E-state index >= 15 is 4.39 Å². The fraction of sp³-hybridized carbons (Fsp3) is 0.294. The molecule has 1 N–H and O–H groups in total. The van der Waals surface area contributed by atoms with Crippen LogP contribution in [0.15, 0.2) is 60.9 Å². The maximum atomic E-state index is 16.0. The van der Waals surface area contributed by atoms with Gasteiger partial charge in [0.25, 0.3) is 0 Å². The second kappa shape index (κ2) is 11.8. The summed E-state index contributed by atoms with van der Waals surface area (Å²) < 4.78 is 38.9. The summed E-state index contributed by atoms with van der Waals surface area (Å²) >= 11 is 1.41. The van der Waals surface area contributed by atoms with Gasteiger partial charge >= 0.3 is 0 Å². The van der Waals surface area contributed by atoms with E-state index in [0.29, 0.717) is 47.6 Å². The number of pyridine rings is 2. The number of aromatic nitrogens is 4. The zero-order valence-electron chi connectivity index (χ0n) is 25.5. The minimum atomic E-state index is -0.980. The lowest BCUT2D eigenvalue weighted by Crippen LogP contribution is -2.35. The fourth-order valence-electron chi connectivity index (χ4n) is 5.67. The lowest BCUT2D eigenvalue weighted by Gasteiger charge is -2.27. The topological polar surface area (TPSA) is 93.4 Å². The molecule has 6 rings (SSSR count). The molecule has 1 aliphatic rings. The Morgan fingerprint density at radius 2 is 1.98 bits per heavy atom. The number of thiophene rings is 1. The van der Waals surface area contributed by atoms with E-state index in [0.717, 1.165) is 27.4 Å². The first-order chi connectivity index (χ1) is 21.4. The average Bonchev–Trinajstić information content (AvgIpc) is 3.64. The van der Waals surface area contributed by atoms with Crippen molar-refractivity contribution in [3.8, 4) is 39.4 Å². The summed E-state index contributed by atoms with van der Waals surface area (Å²) in [7, 11) is 0. The highest BCUT2D eigenvalue weighted by atomic mass is 32.1. The second-order valence-electron chi connectivity index (χ2n) is 12.1. The third-order valence-electron chi connectivity index (χ3n) is 7.49. The molecule has 0 saturated carbocycles. The van der Waals surface area contributed by atoms with Crippen molar-refractivity contribution >= 4 is 27.3 Å². The van der Waals surface area contributed by atoms with Crippen molar-refractivity contribution in [2.75, 3.05) is 6.54 Å². The van der Waals surface area contributed by atoms with Crippen LogP contribution in [-0.4, -0.2) is 53.9 Å². The van der Waals surface area contributed by atoms with Gasteiger partial charge in [0.1, 0.15) is 17.4 Å². The number of hydrogen-bond acceptors (Lipinski definition) is 7. The number of carbonyl (C=O) groups is 1. The van der Waals surface area contributed by atoms with Crippen LogP contribution in [0.25, 0.3) is 43.7 Å². The molecule has 1 aromatic carbocycles. The van der Waals surface area contributed by atoms with Crippen molar-refractivity contribution in [3.05, 3.63) is 83.8 Å². The number of carbonyl (C=O) groups excluding carboxylic acids is 1. The van der Waals surface area contributed by atoms with Crippen LogP contribution in [0.2, 0.25) is 0 Å². The molecule has 0 unspecified atom stereocenters. The normalized spacial score (nSPS) is 13.4. The minimum Gasteiger partial charge on any atom is -0.490 e. The maximum Gasteiger partial charge on any atom is 0.246 e. The number of halogens is 2. The van der Waals surface area contributed by atoms with Crippen LogP contribution in [-0.2, 0) is 24.3 Å². The van der Waals surface area contributed by atoms with Gasteiger partial charge in [-0.3, -0.25) is 14.5 Å². The van der Waals surface area contributed by atoms with E-state index in [4.69, 9.17) is 14.7 Å². The van der Waals surface area contributed by atoms with Gasteiger partial charge in [0.15, 0.2) is 0 Å². The first-order valence-corrected chi connectivity index (χ1v) is 15.5. The summed E-state index contributed by atoms with van der Waals surface area (Å²) in [6.45, 7) is 11.8. The molecule has 0 bridgehead atoms. The SMILES string of the molecule is C=CC(=O)N1CCc2ncc(-c3nc(-c4cnn(CC(C)(C)O)c4)c4ccsc4c3-c3c(F)cc(F)cc3OC(C)C)cc2C1. The molecular weight excluding hydrogens is 596 g/mol. The lowest BCUT2D eigenvalue weighted by atomic mass is 9.94. The molecule has 4 aromatic heterocycles. The first kappa shape index (κ1) is 30.5. The molecule has 5 aromatic rings. The monoisotopic (exact) mass is 629 g/mol. The second-order valence-corrected chi connectivity index (χ2v) is 13.0. The van der Waals surface area contributed by atoms with E-state index in [1.165, 1.54) is 23.5 Å². The van der Waals surface area contributed by atoms with E-state index < -0.39 is 17.2 Å². The number of hydrogen-bond donors (Lipinski definition) is 1. The van der Waals surface area contributed by atoms with Gasteiger partial charge in [0, 0.05) is 76.5 Å². The molecule has 0 saturated heterocycles. The van der Waals surface area contributed by atoms with Crippen molar-refractivity contribution in [3.63, 3.8) is 0 Å². The number of ether oxygens (including phenoxy) is 1. The van der Waals surface area contributed by atoms with Gasteiger partial charge in [0.05, 0.1) is 41.4 Å². The van der Waals surface area contributed by atoms with E-state index in [9.17, 15) is 14.3 Å². The Bertz CT molecular complexity index is 1940. The van der Waals surface area contributed by atoms with Crippen molar-refractivity contribution in [1.29, 1.82) is 0 Å². The van der Waals surface area contributed by atoms with Gasteiger partial charge in [-0.2, -0.15) is 5.10 Å². The predicted molar refractivity (Wildman–Crippen MR) is 171 cm³/mol. The van der Waals surface area contributed by atoms with Crippen LogP contribution in [0, 0.1) is 11.6 Å². The number of rotatable bonds is 8. The molecule has 0 aliphatic carbocycles. The smallest absolute Gasteiger partial charge is 0.246 e. The molecule has 45 heavy (non-hydrogen) atoms. The predicted octanol–water partition coefficient (Wildman–Crippen LogP) is 6.80. The van der Waals surface area contributed by atoms with Gasteiger partial charge in [-0.05, 0) is 56.8 Å². The Labute approximate surface area is 263 Å². The average molecular weight is 630 g/mol. The van der Waals surface area contributed by atoms with Crippen molar-refractivity contribution < 1.29 is 23.4 Å². The van der Waals surface area contributed by atoms with E-state index in [2.05, 4.69) is 11.7 Å². The molecule has 0 radical (unpaired) electrons. The molecule has 0 fully saturated rings. The molecule has 8 nitrogen and oxygen atoms in total. The Hall–Kier alpha value is -4.48. The van der Waals surface area contributed by atoms with Gasteiger partial charge < -0.3 is 14.7 Å². The molecule has 0 atom stereocenters. The third kappa shape index (κ3) is 6.10. The number of fused-ring (bicyclic) bond motifs is 2. The Kier molecular flexibility index (Phi) is 8.00. The summed E-state index contributed by atoms with van der Waals surface area (Å²) in [4.78, 5) is 24.0. The van der Waals surface area contributed by atoms with Gasteiger partial charge in [-0.1, -0.05) is 6.58 Å². The van der Waals surface area contributed by atoms with Crippen LogP contribution in [0.3, 0.4) is 0 Å². The number of aliphatic hydroxyl groups is 1. The third-order valence-corrected chi connectivity index (χ3v) is 8.43. The molecule has 1 aliphatic heterocycles. The number of amides is 1. The zero-order chi connectivity index (χ0) is 32.0. The summed E-state index contributed by atoms with van der Waals surface area (Å²) in [6.07, 6.45) is 6.75. The van der Waals surface area contributed by atoms with Crippen LogP contribution >= 0.6 is 11.3 Å². The standard InChI is InChI=1S/C34H33F2N5O3S/c1-6-28(42)40-9-7-26-21(16-40)11-20(14-37-26)32-30(29-25(36)12-23(35)13-27(29)44-19(2)3)33-24(8-10-45-33)31(39-32)22-15-38-41(17-22)18-34(4,5)43/h6,8,10-15,17,19,43H,1,7,9,16,18H2,2-5H3.